The van der Waals surface area contributed by atoms with Crippen molar-refractivity contribution in [2.75, 3.05) is 25.4 Å². The van der Waals surface area contributed by atoms with E-state index >= 15 is 0 Å². The Morgan fingerprint density at radius 2 is 1.47 bits per heavy atom. The van der Waals surface area contributed by atoms with Crippen LogP contribution in [0.4, 0.5) is 18.9 Å². The molecule has 0 heterocycles. The molecule has 30 heavy (non-hydrogen) atoms. The summed E-state index contributed by atoms with van der Waals surface area (Å²) in [4.78, 5) is 11.6. The van der Waals surface area contributed by atoms with E-state index in [1.165, 1.54) is 32.3 Å². The molecule has 0 saturated heterocycles. The summed E-state index contributed by atoms with van der Waals surface area (Å²) >= 11 is 0. The van der Waals surface area contributed by atoms with Gasteiger partial charge in [-0.05, 0) is 36.4 Å². The lowest BCUT2D eigenvalue weighted by Gasteiger charge is -2.14. The van der Waals surface area contributed by atoms with Gasteiger partial charge < -0.3 is 5.32 Å². The number of nitrogens with zero attached hydrogens (tertiary/aromatic N) is 1. The van der Waals surface area contributed by atoms with Gasteiger partial charge in [0.1, 0.15) is 6.54 Å². The molecule has 0 aromatic heterocycles. The predicted molar refractivity (Wildman–Crippen MR) is 103 cm³/mol. The maximum atomic E-state index is 12.6. The number of rotatable bonds is 7. The SMILES string of the molecule is CN(C)S(=O)(=O)c1ccc(S(=O)(=O)Nc2ccccc2C(=O)NCC(F)(F)F)cc1. The van der Waals surface area contributed by atoms with Gasteiger partial charge in [0.2, 0.25) is 10.0 Å². The van der Waals surface area contributed by atoms with E-state index in [4.69, 9.17) is 0 Å². The van der Waals surface area contributed by atoms with Crippen molar-refractivity contribution in [3.8, 4) is 0 Å². The summed E-state index contributed by atoms with van der Waals surface area (Å²) < 4.78 is 89.4. The van der Waals surface area contributed by atoms with Gasteiger partial charge in [-0.2, -0.15) is 13.2 Å². The molecular weight excluding hydrogens is 447 g/mol. The van der Waals surface area contributed by atoms with Crippen molar-refractivity contribution >= 4 is 31.6 Å². The molecule has 1 amide bonds. The van der Waals surface area contributed by atoms with Crippen LogP contribution in [0, 0.1) is 0 Å². The standard InChI is InChI=1S/C17H18F3N3O5S2/c1-23(2)30(27,28)13-9-7-12(8-10-13)29(25,26)22-15-6-4-3-5-14(15)16(24)21-11-17(18,19)20/h3-10,22H,11H2,1-2H3,(H,21,24). The Morgan fingerprint density at radius 1 is 0.933 bits per heavy atom. The second-order valence-corrected chi connectivity index (χ2v) is 10.0. The minimum atomic E-state index is -4.63. The molecule has 164 valence electrons. The van der Waals surface area contributed by atoms with Crippen LogP contribution in [-0.2, 0) is 20.0 Å². The number of anilines is 1. The second-order valence-electron chi connectivity index (χ2n) is 6.21. The van der Waals surface area contributed by atoms with Gasteiger partial charge >= 0.3 is 6.18 Å². The van der Waals surface area contributed by atoms with Crippen molar-refractivity contribution in [1.82, 2.24) is 9.62 Å². The molecule has 0 aliphatic carbocycles. The van der Waals surface area contributed by atoms with Gasteiger partial charge in [-0.15, -0.1) is 0 Å². The third-order valence-electron chi connectivity index (χ3n) is 3.78. The van der Waals surface area contributed by atoms with E-state index in [9.17, 15) is 34.8 Å². The Balaban J connectivity index is 2.29. The minimum Gasteiger partial charge on any atom is -0.343 e. The molecule has 0 radical (unpaired) electrons. The fourth-order valence-corrected chi connectivity index (χ4v) is 4.23. The van der Waals surface area contributed by atoms with E-state index < -0.39 is 38.7 Å². The summed E-state index contributed by atoms with van der Waals surface area (Å²) in [6.45, 7) is -1.57. The molecule has 2 aromatic carbocycles. The first-order valence-electron chi connectivity index (χ1n) is 8.23. The first-order chi connectivity index (χ1) is 13.7. The zero-order valence-electron chi connectivity index (χ0n) is 15.8. The van der Waals surface area contributed by atoms with Crippen molar-refractivity contribution in [2.24, 2.45) is 0 Å². The van der Waals surface area contributed by atoms with Gasteiger partial charge in [0.25, 0.3) is 15.9 Å². The molecule has 0 aliphatic heterocycles. The number of carbonyl (C=O) groups is 1. The maximum Gasteiger partial charge on any atom is 0.405 e. The van der Waals surface area contributed by atoms with Crippen LogP contribution in [0.1, 0.15) is 10.4 Å². The van der Waals surface area contributed by atoms with Gasteiger partial charge in [0.05, 0.1) is 21.0 Å². The normalized spacial score (nSPS) is 12.6. The van der Waals surface area contributed by atoms with Crippen molar-refractivity contribution < 1.29 is 34.8 Å². The zero-order valence-corrected chi connectivity index (χ0v) is 17.4. The molecule has 0 atom stereocenters. The molecule has 0 saturated carbocycles. The lowest BCUT2D eigenvalue weighted by molar-refractivity contribution is -0.123. The van der Waals surface area contributed by atoms with E-state index in [2.05, 4.69) is 4.72 Å². The quantitative estimate of drug-likeness (QED) is 0.650. The topological polar surface area (TPSA) is 113 Å². The van der Waals surface area contributed by atoms with Crippen LogP contribution in [0.15, 0.2) is 58.3 Å². The van der Waals surface area contributed by atoms with Crippen LogP contribution >= 0.6 is 0 Å². The summed E-state index contributed by atoms with van der Waals surface area (Å²) in [5.41, 5.74) is -0.542. The highest BCUT2D eigenvalue weighted by molar-refractivity contribution is 7.92. The smallest absolute Gasteiger partial charge is 0.343 e. The fourth-order valence-electron chi connectivity index (χ4n) is 2.25. The highest BCUT2D eigenvalue weighted by Crippen LogP contribution is 2.22. The Bertz CT molecular complexity index is 1130. The first-order valence-corrected chi connectivity index (χ1v) is 11.2. The average molecular weight is 465 g/mol. The van der Waals surface area contributed by atoms with Crippen molar-refractivity contribution in [2.45, 2.75) is 16.0 Å². The zero-order chi connectivity index (χ0) is 22.7. The number of sulfonamides is 2. The van der Waals surface area contributed by atoms with Crippen LogP contribution in [-0.4, -0.2) is 53.9 Å². The molecule has 0 aliphatic rings. The highest BCUT2D eigenvalue weighted by atomic mass is 32.2. The Hall–Kier alpha value is -2.64. The van der Waals surface area contributed by atoms with E-state index in [0.717, 1.165) is 34.6 Å². The number of halogens is 3. The molecule has 2 aromatic rings. The minimum absolute atomic E-state index is 0.127. The van der Waals surface area contributed by atoms with Crippen LogP contribution in [0.5, 0.6) is 0 Å². The van der Waals surface area contributed by atoms with Crippen molar-refractivity contribution in [1.29, 1.82) is 0 Å². The maximum absolute atomic E-state index is 12.6. The number of para-hydroxylation sites is 1. The molecule has 0 spiro atoms. The molecule has 8 nitrogen and oxygen atoms in total. The average Bonchev–Trinajstić information content (AvgIpc) is 2.65. The highest BCUT2D eigenvalue weighted by Gasteiger charge is 2.28. The fraction of sp³-hybridized carbons (Fsp3) is 0.235. The monoisotopic (exact) mass is 465 g/mol. The van der Waals surface area contributed by atoms with E-state index in [1.54, 1.807) is 5.32 Å². The van der Waals surface area contributed by atoms with Gasteiger partial charge in [0, 0.05) is 14.1 Å². The number of benzene rings is 2. The Kier molecular flexibility index (Phi) is 6.79. The molecule has 0 bridgehead atoms. The van der Waals surface area contributed by atoms with Crippen LogP contribution in [0.2, 0.25) is 0 Å². The number of nitrogens with one attached hydrogen (secondary N) is 2. The molecule has 0 fully saturated rings. The number of hydrogen-bond acceptors (Lipinski definition) is 5. The number of alkyl halides is 3. The molecule has 0 unspecified atom stereocenters. The summed E-state index contributed by atoms with van der Waals surface area (Å²) in [5, 5.41) is 1.67. The molecule has 2 N–H and O–H groups in total. The summed E-state index contributed by atoms with van der Waals surface area (Å²) in [7, 11) is -5.37. The van der Waals surface area contributed by atoms with E-state index in [-0.39, 0.29) is 21.0 Å². The van der Waals surface area contributed by atoms with Crippen LogP contribution in [0.3, 0.4) is 0 Å². The van der Waals surface area contributed by atoms with Crippen molar-refractivity contribution in [3.05, 3.63) is 54.1 Å². The van der Waals surface area contributed by atoms with Gasteiger partial charge in [-0.3, -0.25) is 9.52 Å². The predicted octanol–water partition coefficient (Wildman–Crippen LogP) is 2.03. The third kappa shape index (κ3) is 5.70. The van der Waals surface area contributed by atoms with E-state index in [0.29, 0.717) is 0 Å². The Morgan fingerprint density at radius 3 is 2.00 bits per heavy atom. The largest absolute Gasteiger partial charge is 0.405 e. The summed E-state index contributed by atoms with van der Waals surface area (Å²) in [6.07, 6.45) is -4.63. The van der Waals surface area contributed by atoms with Crippen LogP contribution in [0.25, 0.3) is 0 Å². The summed E-state index contributed by atoms with van der Waals surface area (Å²) in [5.74, 6) is -1.11. The lowest BCUT2D eigenvalue weighted by atomic mass is 10.1. The van der Waals surface area contributed by atoms with Gasteiger partial charge in [-0.25, -0.2) is 21.1 Å². The lowest BCUT2D eigenvalue weighted by Crippen LogP contribution is -2.34. The van der Waals surface area contributed by atoms with Gasteiger partial charge in [-0.1, -0.05) is 12.1 Å². The first kappa shape index (κ1) is 23.6. The van der Waals surface area contributed by atoms with E-state index in [1.807, 2.05) is 0 Å². The van der Waals surface area contributed by atoms with Gasteiger partial charge in [0.15, 0.2) is 0 Å². The third-order valence-corrected chi connectivity index (χ3v) is 6.99. The molecular formula is C17H18F3N3O5S2. The van der Waals surface area contributed by atoms with Crippen LogP contribution < -0.4 is 10.0 Å². The molecule has 2 rings (SSSR count). The number of amides is 1. The molecule has 13 heteroatoms. The number of hydrogen-bond donors (Lipinski definition) is 2. The van der Waals surface area contributed by atoms with Crippen molar-refractivity contribution in [3.63, 3.8) is 0 Å². The number of carbonyl (C=O) groups excluding carboxylic acids is 1. The summed E-state index contributed by atoms with van der Waals surface area (Å²) in [6, 6.07) is 9.46. The second kappa shape index (κ2) is 8.62. The Labute approximate surface area is 171 Å².